The minimum Gasteiger partial charge on any atom is -0.444 e. The normalized spacial score (nSPS) is 9.76. The lowest BCUT2D eigenvalue weighted by atomic mass is 10.1. The van der Waals surface area contributed by atoms with Crippen molar-refractivity contribution in [1.29, 1.82) is 5.26 Å². The fourth-order valence-electron chi connectivity index (χ4n) is 1.75. The second kappa shape index (κ2) is 6.91. The Morgan fingerprint density at radius 2 is 2.05 bits per heavy atom. The van der Waals surface area contributed by atoms with Gasteiger partial charge in [-0.3, -0.25) is 5.32 Å². The van der Waals surface area contributed by atoms with Gasteiger partial charge in [-0.1, -0.05) is 46.3 Å². The van der Waals surface area contributed by atoms with Gasteiger partial charge in [-0.2, -0.15) is 5.26 Å². The number of benzene rings is 2. The van der Waals surface area contributed by atoms with Crippen LogP contribution in [0.5, 0.6) is 0 Å². The van der Waals surface area contributed by atoms with Crippen molar-refractivity contribution in [3.05, 3.63) is 63.6 Å². The molecule has 0 atom stereocenters. The van der Waals surface area contributed by atoms with Crippen LogP contribution in [0.15, 0.2) is 46.9 Å². The summed E-state index contributed by atoms with van der Waals surface area (Å²) < 4.78 is 5.95. The van der Waals surface area contributed by atoms with Gasteiger partial charge in [-0.15, -0.1) is 0 Å². The number of halogens is 1. The van der Waals surface area contributed by atoms with Gasteiger partial charge in [0, 0.05) is 4.47 Å². The number of nitriles is 1. The van der Waals surface area contributed by atoms with Crippen LogP contribution in [0, 0.1) is 18.3 Å². The summed E-state index contributed by atoms with van der Waals surface area (Å²) in [7, 11) is 0. The molecule has 2 aromatic carbocycles. The van der Waals surface area contributed by atoms with E-state index in [4.69, 9.17) is 10.00 Å². The standard InChI is InChI=1S/C16H13BrN2O2/c1-11-7-15(13(9-18)8-14(11)17)19-16(20)21-10-12-5-3-2-4-6-12/h2-8H,10H2,1H3,(H,19,20). The number of amides is 1. The van der Waals surface area contributed by atoms with Crippen molar-refractivity contribution in [3.63, 3.8) is 0 Å². The molecular formula is C16H13BrN2O2. The van der Waals surface area contributed by atoms with Crippen molar-refractivity contribution in [2.24, 2.45) is 0 Å². The summed E-state index contributed by atoms with van der Waals surface area (Å²) in [5, 5.41) is 11.7. The van der Waals surface area contributed by atoms with Crippen molar-refractivity contribution in [2.45, 2.75) is 13.5 Å². The summed E-state index contributed by atoms with van der Waals surface area (Å²) in [5.41, 5.74) is 2.65. The summed E-state index contributed by atoms with van der Waals surface area (Å²) in [5.74, 6) is 0. The summed E-state index contributed by atoms with van der Waals surface area (Å²) in [6.45, 7) is 2.07. The number of nitrogens with zero attached hydrogens (tertiary/aromatic N) is 1. The number of carbonyl (C=O) groups excluding carboxylic acids is 1. The van der Waals surface area contributed by atoms with Gasteiger partial charge in [0.05, 0.1) is 11.3 Å². The van der Waals surface area contributed by atoms with Gasteiger partial charge in [0.2, 0.25) is 0 Å². The molecule has 5 heteroatoms. The highest BCUT2D eigenvalue weighted by molar-refractivity contribution is 9.10. The topological polar surface area (TPSA) is 62.1 Å². The molecule has 0 aromatic heterocycles. The maximum absolute atomic E-state index is 11.8. The highest BCUT2D eigenvalue weighted by Crippen LogP contribution is 2.24. The summed E-state index contributed by atoms with van der Waals surface area (Å²) in [4.78, 5) is 11.8. The predicted octanol–water partition coefficient (Wildman–Crippen LogP) is 4.38. The van der Waals surface area contributed by atoms with E-state index in [0.717, 1.165) is 15.6 Å². The second-order valence-electron chi connectivity index (χ2n) is 4.45. The molecule has 0 aliphatic rings. The third-order valence-corrected chi connectivity index (χ3v) is 3.72. The number of rotatable bonds is 3. The van der Waals surface area contributed by atoms with Crippen LogP contribution < -0.4 is 5.32 Å². The summed E-state index contributed by atoms with van der Waals surface area (Å²) in [6, 6.07) is 14.8. The van der Waals surface area contributed by atoms with Crippen LogP contribution in [-0.2, 0) is 11.3 Å². The fraction of sp³-hybridized carbons (Fsp3) is 0.125. The van der Waals surface area contributed by atoms with Gasteiger partial charge in [0.1, 0.15) is 12.7 Å². The lowest BCUT2D eigenvalue weighted by Crippen LogP contribution is -2.14. The molecule has 0 unspecified atom stereocenters. The van der Waals surface area contributed by atoms with E-state index in [0.29, 0.717) is 11.3 Å². The summed E-state index contributed by atoms with van der Waals surface area (Å²) in [6.07, 6.45) is -0.586. The summed E-state index contributed by atoms with van der Waals surface area (Å²) >= 11 is 3.35. The molecule has 1 N–H and O–H groups in total. The molecule has 0 radical (unpaired) electrons. The van der Waals surface area contributed by atoms with Crippen LogP contribution in [0.3, 0.4) is 0 Å². The first-order chi connectivity index (χ1) is 10.1. The van der Waals surface area contributed by atoms with Gasteiger partial charge in [-0.05, 0) is 30.2 Å². The van der Waals surface area contributed by atoms with Crippen molar-refractivity contribution < 1.29 is 9.53 Å². The highest BCUT2D eigenvalue weighted by Gasteiger charge is 2.10. The first kappa shape index (κ1) is 15.1. The Morgan fingerprint density at radius 1 is 1.33 bits per heavy atom. The minimum absolute atomic E-state index is 0.185. The Morgan fingerprint density at radius 3 is 2.71 bits per heavy atom. The van der Waals surface area contributed by atoms with Crippen molar-refractivity contribution in [3.8, 4) is 6.07 Å². The SMILES string of the molecule is Cc1cc(NC(=O)OCc2ccccc2)c(C#N)cc1Br. The van der Waals surface area contributed by atoms with E-state index in [1.807, 2.05) is 43.3 Å². The van der Waals surface area contributed by atoms with Gasteiger partial charge < -0.3 is 4.74 Å². The predicted molar refractivity (Wildman–Crippen MR) is 83.8 cm³/mol. The number of hydrogen-bond donors (Lipinski definition) is 1. The number of hydrogen-bond acceptors (Lipinski definition) is 3. The maximum Gasteiger partial charge on any atom is 0.411 e. The van der Waals surface area contributed by atoms with E-state index >= 15 is 0 Å². The molecule has 21 heavy (non-hydrogen) atoms. The van der Waals surface area contributed by atoms with E-state index in [1.54, 1.807) is 12.1 Å². The largest absolute Gasteiger partial charge is 0.444 e. The molecular weight excluding hydrogens is 332 g/mol. The van der Waals surface area contributed by atoms with Crippen LogP contribution in [0.4, 0.5) is 10.5 Å². The van der Waals surface area contributed by atoms with Crippen molar-refractivity contribution in [2.75, 3.05) is 5.32 Å². The maximum atomic E-state index is 11.8. The quantitative estimate of drug-likeness (QED) is 0.898. The molecule has 1 amide bonds. The third-order valence-electron chi connectivity index (χ3n) is 2.87. The zero-order valence-electron chi connectivity index (χ0n) is 11.4. The highest BCUT2D eigenvalue weighted by atomic mass is 79.9. The van der Waals surface area contributed by atoms with Gasteiger partial charge in [-0.25, -0.2) is 4.79 Å². The number of nitrogens with one attached hydrogen (secondary N) is 1. The van der Waals surface area contributed by atoms with Gasteiger partial charge in [0.15, 0.2) is 0 Å². The van der Waals surface area contributed by atoms with Gasteiger partial charge in [0.25, 0.3) is 0 Å². The van der Waals surface area contributed by atoms with Crippen LogP contribution >= 0.6 is 15.9 Å². The Hall–Kier alpha value is -2.32. The average molecular weight is 345 g/mol. The molecule has 0 saturated carbocycles. The van der Waals surface area contributed by atoms with E-state index in [2.05, 4.69) is 21.2 Å². The molecule has 106 valence electrons. The van der Waals surface area contributed by atoms with E-state index < -0.39 is 6.09 Å². The lowest BCUT2D eigenvalue weighted by molar-refractivity contribution is 0.155. The van der Waals surface area contributed by atoms with Gasteiger partial charge >= 0.3 is 6.09 Å². The monoisotopic (exact) mass is 344 g/mol. The molecule has 0 fully saturated rings. The molecule has 0 heterocycles. The number of anilines is 1. The third kappa shape index (κ3) is 4.07. The molecule has 0 aliphatic carbocycles. The zero-order valence-corrected chi connectivity index (χ0v) is 13.0. The molecule has 0 bridgehead atoms. The number of carbonyl (C=O) groups is 1. The molecule has 0 spiro atoms. The van der Waals surface area contributed by atoms with Crippen LogP contribution in [-0.4, -0.2) is 6.09 Å². The van der Waals surface area contributed by atoms with Crippen molar-refractivity contribution >= 4 is 27.7 Å². The van der Waals surface area contributed by atoms with Crippen LogP contribution in [0.1, 0.15) is 16.7 Å². The van der Waals surface area contributed by atoms with Crippen LogP contribution in [0.25, 0.3) is 0 Å². The Bertz CT molecular complexity index is 693. The zero-order chi connectivity index (χ0) is 15.2. The smallest absolute Gasteiger partial charge is 0.411 e. The van der Waals surface area contributed by atoms with E-state index in [1.165, 1.54) is 0 Å². The molecule has 4 nitrogen and oxygen atoms in total. The molecule has 0 aliphatic heterocycles. The first-order valence-corrected chi connectivity index (χ1v) is 7.07. The number of ether oxygens (including phenoxy) is 1. The second-order valence-corrected chi connectivity index (χ2v) is 5.30. The lowest BCUT2D eigenvalue weighted by Gasteiger charge is -2.10. The first-order valence-electron chi connectivity index (χ1n) is 6.28. The fourth-order valence-corrected chi connectivity index (χ4v) is 2.09. The van der Waals surface area contributed by atoms with E-state index in [9.17, 15) is 4.79 Å². The Labute approximate surface area is 131 Å². The molecule has 0 saturated heterocycles. The Balaban J connectivity index is 2.03. The molecule has 2 rings (SSSR count). The molecule has 2 aromatic rings. The number of aryl methyl sites for hydroxylation is 1. The van der Waals surface area contributed by atoms with Crippen LogP contribution in [0.2, 0.25) is 0 Å². The Kier molecular flexibility index (Phi) is 4.96. The van der Waals surface area contributed by atoms with Crippen molar-refractivity contribution in [1.82, 2.24) is 0 Å². The minimum atomic E-state index is -0.586. The average Bonchev–Trinajstić information content (AvgIpc) is 2.49. The van der Waals surface area contributed by atoms with E-state index in [-0.39, 0.29) is 6.61 Å².